The van der Waals surface area contributed by atoms with Gasteiger partial charge in [0, 0.05) is 5.54 Å². The Morgan fingerprint density at radius 3 is 1.78 bits per heavy atom. The first-order valence-corrected chi connectivity index (χ1v) is 6.43. The van der Waals surface area contributed by atoms with E-state index in [9.17, 15) is 0 Å². The molecule has 1 aromatic carbocycles. The van der Waals surface area contributed by atoms with E-state index < -0.39 is 0 Å². The molecule has 0 bridgehead atoms. The van der Waals surface area contributed by atoms with Gasteiger partial charge < -0.3 is 4.74 Å². The maximum absolute atomic E-state index is 5.23. The van der Waals surface area contributed by atoms with Crippen LogP contribution in [0.2, 0.25) is 0 Å². The fourth-order valence-corrected chi connectivity index (χ4v) is 3.74. The fraction of sp³-hybridized carbons (Fsp3) is 0.571. The van der Waals surface area contributed by atoms with Gasteiger partial charge >= 0.3 is 0 Å². The smallest absolute Gasteiger partial charge is 0.129 e. The van der Waals surface area contributed by atoms with E-state index >= 15 is 0 Å². The second kappa shape index (κ2) is 2.59. The lowest BCUT2D eigenvalue weighted by atomic mass is 9.83. The van der Waals surface area contributed by atoms with Gasteiger partial charge in [-0.25, -0.2) is 0 Å². The zero-order chi connectivity index (χ0) is 12.8. The van der Waals surface area contributed by atoms with Gasteiger partial charge in [-0.1, -0.05) is 12.1 Å². The summed E-state index contributed by atoms with van der Waals surface area (Å²) in [5.41, 5.74) is 1.57. The van der Waals surface area contributed by atoms with Crippen molar-refractivity contribution in [2.45, 2.75) is 43.2 Å². The van der Waals surface area contributed by atoms with Crippen molar-refractivity contribution < 1.29 is 4.74 Å². The van der Waals surface area contributed by atoms with Crippen LogP contribution in [-0.2, 0) is 5.54 Å². The number of nitrogens with one attached hydrogen (secondary N) is 3. The minimum absolute atomic E-state index is 0.0129. The molecule has 0 saturated carbocycles. The summed E-state index contributed by atoms with van der Waals surface area (Å²) in [4.78, 5) is 0. The predicted molar refractivity (Wildman–Crippen MR) is 69.3 cm³/mol. The molecule has 0 radical (unpaired) electrons. The van der Waals surface area contributed by atoms with Gasteiger partial charge in [-0.2, -0.15) is 0 Å². The first-order chi connectivity index (χ1) is 8.41. The van der Waals surface area contributed by atoms with Crippen molar-refractivity contribution in [1.82, 2.24) is 16.0 Å². The van der Waals surface area contributed by atoms with Crippen molar-refractivity contribution in [3.05, 3.63) is 29.8 Å². The number of rotatable bonds is 3. The van der Waals surface area contributed by atoms with E-state index in [1.54, 1.807) is 7.11 Å². The van der Waals surface area contributed by atoms with E-state index in [0.29, 0.717) is 0 Å². The lowest BCUT2D eigenvalue weighted by Crippen LogP contribution is -2.41. The maximum atomic E-state index is 5.23. The lowest BCUT2D eigenvalue weighted by molar-refractivity contribution is 0.412. The molecule has 1 atom stereocenters. The largest absolute Gasteiger partial charge is 0.497 e. The van der Waals surface area contributed by atoms with Gasteiger partial charge in [0.2, 0.25) is 0 Å². The van der Waals surface area contributed by atoms with Crippen LogP contribution in [0.15, 0.2) is 24.3 Å². The third kappa shape index (κ3) is 0.921. The number of fused-ring (bicyclic) bond motifs is 1. The minimum atomic E-state index is -0.0129. The molecular formula is C14H19N3O. The minimum Gasteiger partial charge on any atom is -0.497 e. The second-order valence-electron chi connectivity index (χ2n) is 6.35. The highest BCUT2D eigenvalue weighted by Gasteiger charge is 2.95. The Morgan fingerprint density at radius 2 is 1.44 bits per heavy atom. The van der Waals surface area contributed by atoms with Gasteiger partial charge in [-0.3, -0.25) is 16.0 Å². The van der Waals surface area contributed by atoms with Crippen molar-refractivity contribution in [3.8, 4) is 5.75 Å². The average Bonchev–Trinajstić information content (AvgIpc) is 3.20. The molecule has 0 spiro atoms. The van der Waals surface area contributed by atoms with Crippen LogP contribution in [0.25, 0.3) is 0 Å². The van der Waals surface area contributed by atoms with Gasteiger partial charge in [0.15, 0.2) is 0 Å². The van der Waals surface area contributed by atoms with E-state index in [-0.39, 0.29) is 22.4 Å². The Hall–Kier alpha value is -1.10. The molecule has 4 rings (SSSR count). The molecule has 4 heteroatoms. The summed E-state index contributed by atoms with van der Waals surface area (Å²) in [7, 11) is 1.70. The van der Waals surface area contributed by atoms with Crippen LogP contribution in [0, 0.1) is 0 Å². The summed E-state index contributed by atoms with van der Waals surface area (Å²) >= 11 is 0. The molecule has 3 aliphatic heterocycles. The van der Waals surface area contributed by atoms with Crippen molar-refractivity contribution in [2.24, 2.45) is 0 Å². The highest BCUT2D eigenvalue weighted by molar-refractivity contribution is 5.58. The summed E-state index contributed by atoms with van der Waals surface area (Å²) in [6.45, 7) is 6.73. The van der Waals surface area contributed by atoms with Crippen molar-refractivity contribution in [2.75, 3.05) is 7.11 Å². The monoisotopic (exact) mass is 245 g/mol. The van der Waals surface area contributed by atoms with Crippen LogP contribution in [-0.4, -0.2) is 24.0 Å². The molecular weight excluding hydrogens is 226 g/mol. The Kier molecular flexibility index (Phi) is 1.55. The van der Waals surface area contributed by atoms with E-state index in [1.807, 2.05) is 12.1 Å². The van der Waals surface area contributed by atoms with Crippen LogP contribution >= 0.6 is 0 Å². The molecule has 3 N–H and O–H groups in total. The SMILES string of the molecule is COc1ccc(C2(C34NC3(C)N4)NC2(C)C)cc1. The predicted octanol–water partition coefficient (Wildman–Crippen LogP) is 0.891. The van der Waals surface area contributed by atoms with E-state index in [2.05, 4.69) is 48.9 Å². The number of hydrogen-bond donors (Lipinski definition) is 3. The Labute approximate surface area is 107 Å². The summed E-state index contributed by atoms with van der Waals surface area (Å²) in [5, 5.41) is 10.8. The highest BCUT2D eigenvalue weighted by Crippen LogP contribution is 2.69. The molecule has 0 aliphatic carbocycles. The second-order valence-corrected chi connectivity index (χ2v) is 6.35. The van der Waals surface area contributed by atoms with E-state index in [4.69, 9.17) is 4.74 Å². The third-order valence-corrected chi connectivity index (χ3v) is 4.96. The van der Waals surface area contributed by atoms with E-state index in [0.717, 1.165) is 5.75 Å². The summed E-state index contributed by atoms with van der Waals surface area (Å²) < 4.78 is 5.23. The Bertz CT molecular complexity index is 530. The molecule has 18 heavy (non-hydrogen) atoms. The van der Waals surface area contributed by atoms with Gasteiger partial charge in [0.05, 0.1) is 12.6 Å². The topological polar surface area (TPSA) is 75.0 Å². The van der Waals surface area contributed by atoms with Crippen molar-refractivity contribution in [3.63, 3.8) is 0 Å². The Balaban J connectivity index is 1.77. The standard InChI is InChI=1S/C14H19N3O/c1-11(2)13(15-11,14-12(3,16-14)17-14)9-5-7-10(18-4)8-6-9/h5-8,15-17H,1-4H3. The van der Waals surface area contributed by atoms with E-state index in [1.165, 1.54) is 5.56 Å². The number of hydrogen-bond acceptors (Lipinski definition) is 4. The molecule has 96 valence electrons. The number of benzene rings is 1. The van der Waals surface area contributed by atoms with Crippen LogP contribution < -0.4 is 20.7 Å². The highest BCUT2D eigenvalue weighted by atomic mass is 16.5. The van der Waals surface area contributed by atoms with Gasteiger partial charge in [-0.15, -0.1) is 0 Å². The van der Waals surface area contributed by atoms with Gasteiger partial charge in [0.25, 0.3) is 0 Å². The molecule has 0 aromatic heterocycles. The quantitative estimate of drug-likeness (QED) is 0.691. The fourth-order valence-electron chi connectivity index (χ4n) is 3.74. The summed E-state index contributed by atoms with van der Waals surface area (Å²) in [6, 6.07) is 8.39. The zero-order valence-electron chi connectivity index (χ0n) is 11.2. The Morgan fingerprint density at radius 1 is 0.944 bits per heavy atom. The van der Waals surface area contributed by atoms with Crippen LogP contribution in [0.3, 0.4) is 0 Å². The lowest BCUT2D eigenvalue weighted by Gasteiger charge is -2.21. The first kappa shape index (κ1) is 10.8. The molecule has 4 nitrogen and oxygen atoms in total. The molecule has 1 aromatic rings. The number of ether oxygens (including phenoxy) is 1. The molecule has 3 saturated heterocycles. The summed E-state index contributed by atoms with van der Waals surface area (Å²) in [5.74, 6) is 0.903. The van der Waals surface area contributed by atoms with Crippen molar-refractivity contribution in [1.29, 1.82) is 0 Å². The van der Waals surface area contributed by atoms with Gasteiger partial charge in [0.1, 0.15) is 17.1 Å². The normalized spacial score (nSPS) is 46.2. The van der Waals surface area contributed by atoms with Crippen LogP contribution in [0.5, 0.6) is 5.75 Å². The number of methoxy groups -OCH3 is 1. The maximum Gasteiger partial charge on any atom is 0.129 e. The summed E-state index contributed by atoms with van der Waals surface area (Å²) in [6.07, 6.45) is 0. The molecule has 3 heterocycles. The third-order valence-electron chi connectivity index (χ3n) is 4.96. The molecule has 3 aliphatic rings. The molecule has 1 unspecified atom stereocenters. The zero-order valence-corrected chi connectivity index (χ0v) is 11.2. The van der Waals surface area contributed by atoms with Crippen molar-refractivity contribution >= 4 is 0 Å². The average molecular weight is 245 g/mol. The van der Waals surface area contributed by atoms with Crippen LogP contribution in [0.4, 0.5) is 0 Å². The van der Waals surface area contributed by atoms with Crippen LogP contribution in [0.1, 0.15) is 26.3 Å². The van der Waals surface area contributed by atoms with Gasteiger partial charge in [-0.05, 0) is 38.5 Å². The molecule has 3 fully saturated rings. The molecule has 0 amide bonds. The first-order valence-electron chi connectivity index (χ1n) is 6.43.